The predicted octanol–water partition coefficient (Wildman–Crippen LogP) is 4.84. The number of hydrogen-bond acceptors (Lipinski definition) is 7. The van der Waals surface area contributed by atoms with Gasteiger partial charge in [0.05, 0.1) is 10.2 Å². The summed E-state index contributed by atoms with van der Waals surface area (Å²) in [5, 5.41) is 4.07. The Morgan fingerprint density at radius 1 is 1.11 bits per heavy atom. The Morgan fingerprint density at radius 2 is 1.81 bits per heavy atom. The van der Waals surface area contributed by atoms with E-state index >= 15 is 0 Å². The number of nitrogen functional groups attached to an aromatic ring is 1. The fourth-order valence-corrected chi connectivity index (χ4v) is 4.02. The minimum atomic E-state index is 0.516. The standard InChI is InChI=1S/C20H28N6S/c1-12(2)9-26(10-13(3)4)19-17(21)18(22-11-23-19)25-20-24-15-7-6-14(5)8-16(15)27-20/h6-8,11-13H,9-10,21H2,1-5H3,(H,22,23,24,25). The second-order valence-electron chi connectivity index (χ2n) is 7.77. The van der Waals surface area contributed by atoms with Crippen molar-refractivity contribution in [2.24, 2.45) is 11.8 Å². The van der Waals surface area contributed by atoms with Crippen molar-refractivity contribution >= 4 is 44.0 Å². The van der Waals surface area contributed by atoms with E-state index in [0.717, 1.165) is 34.3 Å². The third-order valence-electron chi connectivity index (χ3n) is 4.10. The molecule has 0 saturated heterocycles. The van der Waals surface area contributed by atoms with E-state index in [1.54, 1.807) is 17.7 Å². The monoisotopic (exact) mass is 384 g/mol. The normalized spacial score (nSPS) is 11.5. The van der Waals surface area contributed by atoms with E-state index in [9.17, 15) is 0 Å². The Hall–Kier alpha value is -2.41. The maximum atomic E-state index is 6.45. The highest BCUT2D eigenvalue weighted by atomic mass is 32.1. The molecular formula is C20H28N6S. The predicted molar refractivity (Wildman–Crippen MR) is 116 cm³/mol. The largest absolute Gasteiger partial charge is 0.393 e. The first-order valence-corrected chi connectivity index (χ1v) is 10.1. The Balaban J connectivity index is 1.90. The number of fused-ring (bicyclic) bond motifs is 1. The van der Waals surface area contributed by atoms with Crippen molar-refractivity contribution in [3.63, 3.8) is 0 Å². The Bertz CT molecular complexity index is 908. The maximum absolute atomic E-state index is 6.45. The fraction of sp³-hybridized carbons (Fsp3) is 0.450. The SMILES string of the molecule is Cc1ccc2nc(Nc3ncnc(N(CC(C)C)CC(C)C)c3N)sc2c1. The van der Waals surface area contributed by atoms with Gasteiger partial charge >= 0.3 is 0 Å². The molecule has 27 heavy (non-hydrogen) atoms. The van der Waals surface area contributed by atoms with Gasteiger partial charge in [0, 0.05) is 13.1 Å². The summed E-state index contributed by atoms with van der Waals surface area (Å²) in [4.78, 5) is 15.7. The van der Waals surface area contributed by atoms with Gasteiger partial charge in [-0.05, 0) is 36.5 Å². The van der Waals surface area contributed by atoms with E-state index in [1.807, 2.05) is 6.07 Å². The van der Waals surface area contributed by atoms with Crippen LogP contribution in [-0.4, -0.2) is 28.0 Å². The molecule has 0 fully saturated rings. The average molecular weight is 385 g/mol. The van der Waals surface area contributed by atoms with Crippen molar-refractivity contribution in [3.8, 4) is 0 Å². The van der Waals surface area contributed by atoms with Crippen LogP contribution in [0.15, 0.2) is 24.5 Å². The molecular weight excluding hydrogens is 356 g/mol. The summed E-state index contributed by atoms with van der Waals surface area (Å²) in [7, 11) is 0. The molecule has 0 unspecified atom stereocenters. The van der Waals surface area contributed by atoms with Gasteiger partial charge in [0.25, 0.3) is 0 Å². The molecule has 3 aromatic rings. The number of thiazole rings is 1. The van der Waals surface area contributed by atoms with Crippen molar-refractivity contribution < 1.29 is 0 Å². The molecule has 3 N–H and O–H groups in total. The lowest BCUT2D eigenvalue weighted by molar-refractivity contribution is 0.549. The first-order valence-electron chi connectivity index (χ1n) is 9.33. The first-order chi connectivity index (χ1) is 12.8. The molecule has 2 aromatic heterocycles. The zero-order valence-electron chi connectivity index (χ0n) is 16.7. The van der Waals surface area contributed by atoms with Crippen molar-refractivity contribution in [2.45, 2.75) is 34.6 Å². The smallest absolute Gasteiger partial charge is 0.189 e. The van der Waals surface area contributed by atoms with E-state index in [0.29, 0.717) is 23.3 Å². The van der Waals surface area contributed by atoms with E-state index < -0.39 is 0 Å². The molecule has 1 aromatic carbocycles. The molecule has 2 heterocycles. The molecule has 6 nitrogen and oxygen atoms in total. The van der Waals surface area contributed by atoms with Gasteiger partial charge in [-0.3, -0.25) is 0 Å². The van der Waals surface area contributed by atoms with Gasteiger partial charge in [0.1, 0.15) is 12.0 Å². The number of nitrogens with one attached hydrogen (secondary N) is 1. The van der Waals surface area contributed by atoms with Gasteiger partial charge in [-0.25, -0.2) is 15.0 Å². The van der Waals surface area contributed by atoms with Crippen LogP contribution >= 0.6 is 11.3 Å². The van der Waals surface area contributed by atoms with Crippen molar-refractivity contribution in [1.82, 2.24) is 15.0 Å². The van der Waals surface area contributed by atoms with Crippen LogP contribution in [0.4, 0.5) is 22.5 Å². The zero-order chi connectivity index (χ0) is 19.6. The topological polar surface area (TPSA) is 80.0 Å². The summed E-state index contributed by atoms with van der Waals surface area (Å²) in [5.41, 5.74) is 9.21. The molecule has 0 aliphatic heterocycles. The van der Waals surface area contributed by atoms with Crippen LogP contribution in [0.3, 0.4) is 0 Å². The number of aromatic nitrogens is 3. The summed E-state index contributed by atoms with van der Waals surface area (Å²) in [6, 6.07) is 6.24. The van der Waals surface area contributed by atoms with Crippen LogP contribution < -0.4 is 16.0 Å². The number of nitrogens with zero attached hydrogens (tertiary/aromatic N) is 4. The summed E-state index contributed by atoms with van der Waals surface area (Å²) < 4.78 is 1.14. The van der Waals surface area contributed by atoms with Crippen LogP contribution in [0.1, 0.15) is 33.3 Å². The van der Waals surface area contributed by atoms with Gasteiger partial charge < -0.3 is 16.0 Å². The van der Waals surface area contributed by atoms with E-state index in [4.69, 9.17) is 5.73 Å². The molecule has 0 aliphatic rings. The average Bonchev–Trinajstić information content (AvgIpc) is 2.96. The molecule has 0 amide bonds. The number of benzene rings is 1. The summed E-state index contributed by atoms with van der Waals surface area (Å²) in [6.07, 6.45) is 1.57. The zero-order valence-corrected chi connectivity index (χ0v) is 17.5. The summed E-state index contributed by atoms with van der Waals surface area (Å²) >= 11 is 1.60. The van der Waals surface area contributed by atoms with Crippen molar-refractivity contribution in [1.29, 1.82) is 0 Å². The minimum Gasteiger partial charge on any atom is -0.393 e. The van der Waals surface area contributed by atoms with Crippen LogP contribution in [-0.2, 0) is 0 Å². The van der Waals surface area contributed by atoms with E-state index in [-0.39, 0.29) is 0 Å². The quantitative estimate of drug-likeness (QED) is 0.607. The summed E-state index contributed by atoms with van der Waals surface area (Å²) in [6.45, 7) is 12.7. The fourth-order valence-electron chi connectivity index (χ4n) is 3.05. The van der Waals surface area contributed by atoms with Gasteiger partial charge in [-0.15, -0.1) is 0 Å². The van der Waals surface area contributed by atoms with Gasteiger partial charge in [-0.1, -0.05) is 45.1 Å². The van der Waals surface area contributed by atoms with Crippen LogP contribution in [0.25, 0.3) is 10.2 Å². The lowest BCUT2D eigenvalue weighted by Crippen LogP contribution is -2.32. The number of nitrogens with two attached hydrogens (primary N) is 1. The first kappa shape index (κ1) is 19.4. The van der Waals surface area contributed by atoms with Gasteiger partial charge in [-0.2, -0.15) is 0 Å². The van der Waals surface area contributed by atoms with Gasteiger partial charge in [0.15, 0.2) is 16.8 Å². The highest BCUT2D eigenvalue weighted by Gasteiger charge is 2.18. The highest BCUT2D eigenvalue weighted by molar-refractivity contribution is 7.22. The van der Waals surface area contributed by atoms with Crippen molar-refractivity contribution in [3.05, 3.63) is 30.1 Å². The second-order valence-corrected chi connectivity index (χ2v) is 8.80. The molecule has 3 rings (SSSR count). The van der Waals surface area contributed by atoms with Crippen LogP contribution in [0.5, 0.6) is 0 Å². The Morgan fingerprint density at radius 3 is 2.48 bits per heavy atom. The highest BCUT2D eigenvalue weighted by Crippen LogP contribution is 2.33. The molecule has 0 atom stereocenters. The van der Waals surface area contributed by atoms with Crippen molar-refractivity contribution in [2.75, 3.05) is 29.0 Å². The Labute approximate surface area is 164 Å². The second kappa shape index (κ2) is 8.08. The Kier molecular flexibility index (Phi) is 5.79. The molecule has 0 radical (unpaired) electrons. The summed E-state index contributed by atoms with van der Waals surface area (Å²) in [5.74, 6) is 2.42. The third kappa shape index (κ3) is 4.66. The lowest BCUT2D eigenvalue weighted by Gasteiger charge is -2.28. The minimum absolute atomic E-state index is 0.516. The molecule has 7 heteroatoms. The molecule has 0 aliphatic carbocycles. The molecule has 144 valence electrons. The number of rotatable bonds is 7. The number of hydrogen-bond donors (Lipinski definition) is 2. The van der Waals surface area contributed by atoms with Crippen LogP contribution in [0.2, 0.25) is 0 Å². The number of aryl methyl sites for hydroxylation is 1. The van der Waals surface area contributed by atoms with E-state index in [2.05, 4.69) is 71.9 Å². The lowest BCUT2D eigenvalue weighted by atomic mass is 10.1. The maximum Gasteiger partial charge on any atom is 0.189 e. The number of anilines is 4. The molecule has 0 spiro atoms. The van der Waals surface area contributed by atoms with E-state index in [1.165, 1.54) is 5.56 Å². The van der Waals surface area contributed by atoms with Crippen LogP contribution in [0, 0.1) is 18.8 Å². The molecule has 0 saturated carbocycles. The molecule has 0 bridgehead atoms. The third-order valence-corrected chi connectivity index (χ3v) is 5.04. The van der Waals surface area contributed by atoms with Gasteiger partial charge in [0.2, 0.25) is 0 Å².